The number of methoxy groups -OCH3 is 1. The van der Waals surface area contributed by atoms with Crippen LogP contribution in [0.25, 0.3) is 0 Å². The van der Waals surface area contributed by atoms with Gasteiger partial charge in [-0.05, 0) is 35.7 Å². The zero-order chi connectivity index (χ0) is 12.1. The number of nitrogens with one attached hydrogen (secondary N) is 1. The number of aromatic nitrogens is 2. The van der Waals surface area contributed by atoms with E-state index in [0.29, 0.717) is 11.8 Å². The number of thiophene rings is 1. The van der Waals surface area contributed by atoms with Gasteiger partial charge < -0.3 is 10.1 Å². The Morgan fingerprint density at radius 1 is 1.47 bits per heavy atom. The molecule has 5 heteroatoms. The lowest BCUT2D eigenvalue weighted by molar-refractivity contribution is 0.397. The van der Waals surface area contributed by atoms with Gasteiger partial charge in [0.2, 0.25) is 11.8 Å². The Morgan fingerprint density at radius 2 is 2.35 bits per heavy atom. The number of rotatable bonds is 5. The van der Waals surface area contributed by atoms with Gasteiger partial charge in [-0.2, -0.15) is 16.3 Å². The van der Waals surface area contributed by atoms with Crippen LogP contribution in [-0.2, 0) is 6.42 Å². The van der Waals surface area contributed by atoms with E-state index in [-0.39, 0.29) is 6.04 Å². The average Bonchev–Trinajstić information content (AvgIpc) is 2.82. The van der Waals surface area contributed by atoms with Crippen molar-refractivity contribution < 1.29 is 4.74 Å². The number of ether oxygens (including phenoxy) is 1. The lowest BCUT2D eigenvalue weighted by Crippen LogP contribution is -2.19. The van der Waals surface area contributed by atoms with Crippen molar-refractivity contribution in [3.05, 3.63) is 34.7 Å². The van der Waals surface area contributed by atoms with Crippen LogP contribution in [0.15, 0.2) is 29.1 Å². The van der Waals surface area contributed by atoms with Crippen molar-refractivity contribution in [3.8, 4) is 5.88 Å². The molecule has 2 rings (SSSR count). The first kappa shape index (κ1) is 11.9. The van der Waals surface area contributed by atoms with Gasteiger partial charge in [-0.3, -0.25) is 0 Å². The van der Waals surface area contributed by atoms with Gasteiger partial charge in [-0.15, -0.1) is 0 Å². The molecular weight excluding hydrogens is 234 g/mol. The van der Waals surface area contributed by atoms with Crippen LogP contribution >= 0.6 is 11.3 Å². The highest BCUT2D eigenvalue weighted by Crippen LogP contribution is 2.12. The van der Waals surface area contributed by atoms with Crippen molar-refractivity contribution in [3.63, 3.8) is 0 Å². The molecule has 2 aromatic heterocycles. The standard InChI is InChI=1S/C12H15N3OS/c1-9(7-10-4-6-17-8-10)14-12-13-5-3-11(15-12)16-2/h3-6,8-9H,7H2,1-2H3,(H,13,14,15). The van der Waals surface area contributed by atoms with Gasteiger partial charge in [0.15, 0.2) is 0 Å². The fraction of sp³-hybridized carbons (Fsp3) is 0.333. The molecule has 90 valence electrons. The molecule has 0 amide bonds. The molecule has 0 aliphatic carbocycles. The summed E-state index contributed by atoms with van der Waals surface area (Å²) in [6, 6.07) is 4.15. The predicted molar refractivity (Wildman–Crippen MR) is 69.7 cm³/mol. The molecule has 17 heavy (non-hydrogen) atoms. The molecule has 1 N–H and O–H groups in total. The summed E-state index contributed by atoms with van der Waals surface area (Å²) in [6.45, 7) is 2.11. The molecule has 0 bridgehead atoms. The van der Waals surface area contributed by atoms with Crippen molar-refractivity contribution >= 4 is 17.3 Å². The zero-order valence-corrected chi connectivity index (χ0v) is 10.7. The van der Waals surface area contributed by atoms with Crippen LogP contribution in [0.1, 0.15) is 12.5 Å². The lowest BCUT2D eigenvalue weighted by Gasteiger charge is -2.13. The van der Waals surface area contributed by atoms with Gasteiger partial charge in [0.1, 0.15) is 0 Å². The van der Waals surface area contributed by atoms with Gasteiger partial charge in [0.05, 0.1) is 7.11 Å². The van der Waals surface area contributed by atoms with Crippen molar-refractivity contribution in [2.45, 2.75) is 19.4 Å². The van der Waals surface area contributed by atoms with Gasteiger partial charge in [0.25, 0.3) is 0 Å². The number of hydrogen-bond donors (Lipinski definition) is 1. The summed E-state index contributed by atoms with van der Waals surface area (Å²) < 4.78 is 5.05. The molecule has 1 unspecified atom stereocenters. The molecule has 2 heterocycles. The van der Waals surface area contributed by atoms with Gasteiger partial charge in [-0.1, -0.05) is 0 Å². The Morgan fingerprint density at radius 3 is 3.06 bits per heavy atom. The van der Waals surface area contributed by atoms with Gasteiger partial charge in [0, 0.05) is 18.3 Å². The van der Waals surface area contributed by atoms with Crippen molar-refractivity contribution in [1.29, 1.82) is 0 Å². The second-order valence-electron chi connectivity index (χ2n) is 3.80. The van der Waals surface area contributed by atoms with E-state index in [0.717, 1.165) is 6.42 Å². The minimum Gasteiger partial charge on any atom is -0.481 e. The Kier molecular flexibility index (Phi) is 3.93. The maximum absolute atomic E-state index is 5.05. The van der Waals surface area contributed by atoms with Crippen LogP contribution in [0.4, 0.5) is 5.95 Å². The maximum atomic E-state index is 5.05. The molecule has 1 atom stereocenters. The molecule has 0 aromatic carbocycles. The summed E-state index contributed by atoms with van der Waals surface area (Å²) in [6.07, 6.45) is 2.65. The Hall–Kier alpha value is -1.62. The molecule has 0 radical (unpaired) electrons. The van der Waals surface area contributed by atoms with Crippen LogP contribution in [0.5, 0.6) is 5.88 Å². The van der Waals surface area contributed by atoms with E-state index in [1.54, 1.807) is 30.7 Å². The summed E-state index contributed by atoms with van der Waals surface area (Å²) >= 11 is 1.71. The quantitative estimate of drug-likeness (QED) is 0.884. The Bertz CT molecular complexity index is 459. The highest BCUT2D eigenvalue weighted by Gasteiger charge is 2.06. The third kappa shape index (κ3) is 3.42. The maximum Gasteiger partial charge on any atom is 0.226 e. The van der Waals surface area contributed by atoms with Crippen molar-refractivity contribution in [2.24, 2.45) is 0 Å². The van der Waals surface area contributed by atoms with Gasteiger partial charge in [-0.25, -0.2) is 4.98 Å². The molecule has 0 saturated carbocycles. The van der Waals surface area contributed by atoms with Crippen LogP contribution in [-0.4, -0.2) is 23.1 Å². The van der Waals surface area contributed by atoms with Crippen LogP contribution in [0.2, 0.25) is 0 Å². The van der Waals surface area contributed by atoms with E-state index in [1.165, 1.54) is 5.56 Å². The first-order valence-electron chi connectivity index (χ1n) is 5.42. The summed E-state index contributed by atoms with van der Waals surface area (Å²) in [5.74, 6) is 1.18. The van der Waals surface area contributed by atoms with Crippen LogP contribution in [0, 0.1) is 0 Å². The topological polar surface area (TPSA) is 47.0 Å². The fourth-order valence-electron chi connectivity index (χ4n) is 1.56. The average molecular weight is 249 g/mol. The second-order valence-corrected chi connectivity index (χ2v) is 4.58. The van der Waals surface area contributed by atoms with Gasteiger partial charge >= 0.3 is 0 Å². The molecule has 0 fully saturated rings. The smallest absolute Gasteiger partial charge is 0.226 e. The third-order valence-corrected chi connectivity index (χ3v) is 3.07. The molecule has 0 aliphatic rings. The van der Waals surface area contributed by atoms with E-state index >= 15 is 0 Å². The summed E-state index contributed by atoms with van der Waals surface area (Å²) in [4.78, 5) is 8.38. The highest BCUT2D eigenvalue weighted by molar-refractivity contribution is 7.07. The summed E-state index contributed by atoms with van der Waals surface area (Å²) in [5.41, 5.74) is 1.33. The first-order valence-corrected chi connectivity index (χ1v) is 6.37. The Balaban J connectivity index is 1.95. The predicted octanol–water partition coefficient (Wildman–Crippen LogP) is 2.59. The normalized spacial score (nSPS) is 12.1. The fourth-order valence-corrected chi connectivity index (χ4v) is 2.24. The zero-order valence-electron chi connectivity index (χ0n) is 9.88. The molecule has 2 aromatic rings. The van der Waals surface area contributed by atoms with Crippen molar-refractivity contribution in [1.82, 2.24) is 9.97 Å². The summed E-state index contributed by atoms with van der Waals surface area (Å²) in [5, 5.41) is 7.50. The first-order chi connectivity index (χ1) is 8.28. The third-order valence-electron chi connectivity index (χ3n) is 2.34. The van der Waals surface area contributed by atoms with Crippen molar-refractivity contribution in [2.75, 3.05) is 12.4 Å². The van der Waals surface area contributed by atoms with E-state index in [1.807, 2.05) is 0 Å². The second kappa shape index (κ2) is 5.63. The number of nitrogens with zero attached hydrogens (tertiary/aromatic N) is 2. The Labute approximate surface area is 105 Å². The van der Waals surface area contributed by atoms with E-state index in [9.17, 15) is 0 Å². The van der Waals surface area contributed by atoms with E-state index < -0.39 is 0 Å². The minimum absolute atomic E-state index is 0.289. The van der Waals surface area contributed by atoms with Crippen LogP contribution in [0.3, 0.4) is 0 Å². The largest absolute Gasteiger partial charge is 0.481 e. The summed E-state index contributed by atoms with van der Waals surface area (Å²) in [7, 11) is 1.60. The molecule has 0 aliphatic heterocycles. The SMILES string of the molecule is COc1ccnc(NC(C)Cc2ccsc2)n1. The number of hydrogen-bond acceptors (Lipinski definition) is 5. The van der Waals surface area contributed by atoms with E-state index in [4.69, 9.17) is 4.74 Å². The minimum atomic E-state index is 0.289. The molecule has 0 saturated heterocycles. The molecule has 0 spiro atoms. The monoisotopic (exact) mass is 249 g/mol. The van der Waals surface area contributed by atoms with Crippen LogP contribution < -0.4 is 10.1 Å². The molecule has 4 nitrogen and oxygen atoms in total. The van der Waals surface area contributed by atoms with E-state index in [2.05, 4.69) is 39.0 Å². The lowest BCUT2D eigenvalue weighted by atomic mass is 10.1. The molecular formula is C12H15N3OS. The highest BCUT2D eigenvalue weighted by atomic mass is 32.1. The number of anilines is 1.